The van der Waals surface area contributed by atoms with Crippen molar-refractivity contribution in [2.24, 2.45) is 40.4 Å². The molecule has 0 aromatic rings. The van der Waals surface area contributed by atoms with Crippen molar-refractivity contribution in [2.75, 3.05) is 6.61 Å². The van der Waals surface area contributed by atoms with Crippen LogP contribution in [0.4, 0.5) is 0 Å². The van der Waals surface area contributed by atoms with E-state index in [0.29, 0.717) is 18.3 Å². The topological polar surface area (TPSA) is 74.6 Å². The van der Waals surface area contributed by atoms with Gasteiger partial charge in [-0.2, -0.15) is 0 Å². The largest absolute Gasteiger partial charge is 0.393 e. The van der Waals surface area contributed by atoms with E-state index in [-0.39, 0.29) is 40.2 Å². The van der Waals surface area contributed by atoms with Crippen LogP contribution < -0.4 is 0 Å². The van der Waals surface area contributed by atoms with Crippen LogP contribution in [0.2, 0.25) is 0 Å². The summed E-state index contributed by atoms with van der Waals surface area (Å²) in [6.45, 7) is 6.04. The lowest BCUT2D eigenvalue weighted by Gasteiger charge is -2.58. The third kappa shape index (κ3) is 2.27. The van der Waals surface area contributed by atoms with Crippen LogP contribution in [0.5, 0.6) is 0 Å². The molecule has 3 saturated carbocycles. The van der Waals surface area contributed by atoms with E-state index in [1.165, 1.54) is 0 Å². The molecule has 0 amide bonds. The molecule has 0 saturated heterocycles. The number of allylic oxidation sites excluding steroid dienone is 4. The molecule has 26 heavy (non-hydrogen) atoms. The van der Waals surface area contributed by atoms with Crippen LogP contribution in [-0.4, -0.2) is 34.5 Å². The zero-order chi connectivity index (χ0) is 18.9. The number of ketones is 2. The summed E-state index contributed by atoms with van der Waals surface area (Å²) in [5.74, 6) is 0.886. The van der Waals surface area contributed by atoms with Gasteiger partial charge in [0.1, 0.15) is 6.61 Å². The van der Waals surface area contributed by atoms with E-state index in [4.69, 9.17) is 0 Å². The second-order valence-corrected chi connectivity index (χ2v) is 9.62. The maximum absolute atomic E-state index is 12.5. The first-order valence-corrected chi connectivity index (χ1v) is 9.98. The third-order valence-corrected chi connectivity index (χ3v) is 8.34. The summed E-state index contributed by atoms with van der Waals surface area (Å²) >= 11 is 0. The summed E-state index contributed by atoms with van der Waals surface area (Å²) in [7, 11) is 0. The Morgan fingerprint density at radius 3 is 2.77 bits per heavy atom. The molecule has 4 aliphatic rings. The fourth-order valence-electron chi connectivity index (χ4n) is 7.48. The molecular weight excluding hydrogens is 328 g/mol. The Morgan fingerprint density at radius 2 is 2.08 bits per heavy atom. The molecule has 4 heteroatoms. The Kier molecular flexibility index (Phi) is 4.09. The maximum Gasteiger partial charge on any atom is 0.178 e. The summed E-state index contributed by atoms with van der Waals surface area (Å²) < 4.78 is 0. The zero-order valence-electron chi connectivity index (χ0n) is 15.9. The number of Topliss-reactive ketones (excluding diaryl/α,β-unsaturated/α-hetero) is 1. The highest BCUT2D eigenvalue weighted by Crippen LogP contribution is 2.67. The van der Waals surface area contributed by atoms with Gasteiger partial charge in [0.05, 0.1) is 6.10 Å². The summed E-state index contributed by atoms with van der Waals surface area (Å²) in [6.07, 6.45) is 8.39. The van der Waals surface area contributed by atoms with Crippen molar-refractivity contribution in [3.63, 3.8) is 0 Å². The molecule has 0 bridgehead atoms. The minimum absolute atomic E-state index is 0.0501. The van der Waals surface area contributed by atoms with Gasteiger partial charge in [0.2, 0.25) is 0 Å². The van der Waals surface area contributed by atoms with Crippen molar-refractivity contribution in [2.45, 2.75) is 52.6 Å². The fraction of sp³-hybridized carbons (Fsp3) is 0.727. The van der Waals surface area contributed by atoms with Gasteiger partial charge < -0.3 is 10.2 Å². The number of rotatable bonds is 2. The predicted octanol–water partition coefficient (Wildman–Crippen LogP) is 2.69. The van der Waals surface area contributed by atoms with Gasteiger partial charge >= 0.3 is 0 Å². The third-order valence-electron chi connectivity index (χ3n) is 8.34. The predicted molar refractivity (Wildman–Crippen MR) is 98.1 cm³/mol. The second kappa shape index (κ2) is 5.87. The lowest BCUT2D eigenvalue weighted by Crippen LogP contribution is -2.56. The van der Waals surface area contributed by atoms with Crippen LogP contribution >= 0.6 is 0 Å². The highest BCUT2D eigenvalue weighted by molar-refractivity contribution is 6.01. The normalized spacial score (nSPS) is 49.9. The van der Waals surface area contributed by atoms with E-state index in [1.54, 1.807) is 12.2 Å². The Labute approximate surface area is 155 Å². The second-order valence-electron chi connectivity index (χ2n) is 9.62. The highest BCUT2D eigenvalue weighted by Gasteiger charge is 2.64. The Bertz CT molecular complexity index is 707. The fourth-order valence-corrected chi connectivity index (χ4v) is 7.48. The molecule has 2 N–H and O–H groups in total. The monoisotopic (exact) mass is 358 g/mol. The van der Waals surface area contributed by atoms with Crippen LogP contribution in [0.15, 0.2) is 23.8 Å². The van der Waals surface area contributed by atoms with Crippen LogP contribution in [0.1, 0.15) is 46.5 Å². The highest BCUT2D eigenvalue weighted by atomic mass is 16.3. The molecule has 0 aromatic heterocycles. The van der Waals surface area contributed by atoms with Crippen molar-refractivity contribution in [1.82, 2.24) is 0 Å². The SMILES string of the molecule is C[C@@H]1CC2[C@@H]3CCC4=CC(=O)C=C[C@]4(C)[C@H]3[C@@H](O)C[C@]2(C)[C@H]1C(=O)CO. The number of hydrogen-bond donors (Lipinski definition) is 2. The van der Waals surface area contributed by atoms with Gasteiger partial charge in [-0.25, -0.2) is 0 Å². The lowest BCUT2D eigenvalue weighted by molar-refractivity contribution is -0.142. The molecular formula is C22H30O4. The summed E-state index contributed by atoms with van der Waals surface area (Å²) in [4.78, 5) is 24.3. The van der Waals surface area contributed by atoms with Gasteiger partial charge in [0.25, 0.3) is 0 Å². The average Bonchev–Trinajstić information content (AvgIpc) is 2.84. The van der Waals surface area contributed by atoms with Crippen LogP contribution in [0.25, 0.3) is 0 Å². The van der Waals surface area contributed by atoms with Crippen molar-refractivity contribution in [1.29, 1.82) is 0 Å². The van der Waals surface area contributed by atoms with E-state index in [0.717, 1.165) is 24.8 Å². The minimum Gasteiger partial charge on any atom is -0.393 e. The molecule has 0 heterocycles. The molecule has 8 atom stereocenters. The first kappa shape index (κ1) is 18.1. The zero-order valence-corrected chi connectivity index (χ0v) is 15.9. The van der Waals surface area contributed by atoms with Gasteiger partial charge in [-0.1, -0.05) is 32.4 Å². The van der Waals surface area contributed by atoms with E-state index in [2.05, 4.69) is 20.8 Å². The Morgan fingerprint density at radius 1 is 1.35 bits per heavy atom. The van der Waals surface area contributed by atoms with Crippen molar-refractivity contribution >= 4 is 11.6 Å². The molecule has 142 valence electrons. The first-order chi connectivity index (χ1) is 12.2. The van der Waals surface area contributed by atoms with E-state index in [1.807, 2.05) is 6.08 Å². The summed E-state index contributed by atoms with van der Waals surface area (Å²) in [5.41, 5.74) is 0.647. The van der Waals surface area contributed by atoms with Crippen LogP contribution in [0, 0.1) is 40.4 Å². The molecule has 0 radical (unpaired) electrons. The van der Waals surface area contributed by atoms with E-state index >= 15 is 0 Å². The van der Waals surface area contributed by atoms with Gasteiger partial charge in [-0.3, -0.25) is 9.59 Å². The molecule has 3 fully saturated rings. The van der Waals surface area contributed by atoms with E-state index < -0.39 is 12.7 Å². The van der Waals surface area contributed by atoms with Crippen molar-refractivity contribution in [3.8, 4) is 0 Å². The minimum atomic E-state index is -0.493. The van der Waals surface area contributed by atoms with Gasteiger partial charge in [-0.05, 0) is 61.0 Å². The average molecular weight is 358 g/mol. The summed E-state index contributed by atoms with van der Waals surface area (Å²) in [6, 6.07) is 0. The standard InChI is InChI=1S/C22H30O4/c1-12-8-16-15-5-4-13-9-14(24)6-7-21(13,2)20(15)17(25)10-22(16,3)19(12)18(26)11-23/h6-7,9,12,15-17,19-20,23,25H,4-5,8,10-11H2,1-3H3/t12-,15+,16?,17+,19-,20-,21+,22+/m1/s1. The van der Waals surface area contributed by atoms with Crippen LogP contribution in [0.3, 0.4) is 0 Å². The molecule has 1 unspecified atom stereocenters. The van der Waals surface area contributed by atoms with Gasteiger partial charge in [0.15, 0.2) is 11.6 Å². The number of fused-ring (bicyclic) bond motifs is 5. The van der Waals surface area contributed by atoms with Gasteiger partial charge in [0, 0.05) is 17.3 Å². The number of hydrogen-bond acceptors (Lipinski definition) is 4. The number of aliphatic hydroxyl groups is 2. The van der Waals surface area contributed by atoms with Gasteiger partial charge in [-0.15, -0.1) is 0 Å². The van der Waals surface area contributed by atoms with Crippen molar-refractivity contribution in [3.05, 3.63) is 23.8 Å². The molecule has 4 nitrogen and oxygen atoms in total. The molecule has 0 aliphatic heterocycles. The quantitative estimate of drug-likeness (QED) is 0.796. The van der Waals surface area contributed by atoms with Crippen LogP contribution in [-0.2, 0) is 9.59 Å². The first-order valence-electron chi connectivity index (χ1n) is 9.98. The maximum atomic E-state index is 12.5. The number of aliphatic hydroxyl groups excluding tert-OH is 2. The Hall–Kier alpha value is -1.26. The summed E-state index contributed by atoms with van der Waals surface area (Å²) in [5, 5.41) is 20.7. The molecule has 0 aromatic carbocycles. The molecule has 4 aliphatic carbocycles. The van der Waals surface area contributed by atoms with Crippen molar-refractivity contribution < 1.29 is 19.8 Å². The molecule has 4 rings (SSSR count). The molecule has 0 spiro atoms. The number of carbonyl (C=O) groups is 2. The Balaban J connectivity index is 1.74. The number of carbonyl (C=O) groups excluding carboxylic acids is 2. The lowest BCUT2D eigenvalue weighted by atomic mass is 9.46. The smallest absolute Gasteiger partial charge is 0.178 e. The van der Waals surface area contributed by atoms with E-state index in [9.17, 15) is 19.8 Å².